The molecule has 1 aliphatic rings. The van der Waals surface area contributed by atoms with Crippen LogP contribution in [0, 0.1) is 0 Å². The van der Waals surface area contributed by atoms with Crippen LogP contribution in [0.2, 0.25) is 0 Å². The number of aliphatic carboxylic acids is 1. The van der Waals surface area contributed by atoms with Crippen LogP contribution in [-0.2, 0) is 10.2 Å². The highest BCUT2D eigenvalue weighted by molar-refractivity contribution is 9.10. The standard InChI is InChI=1S/C11H11BrO4/c12-9-7(2-1-3-8(9)14)11(10(15)16)4-6(13)5-11/h1-3,6,13-14H,4-5H2,(H,15,16). The van der Waals surface area contributed by atoms with E-state index in [1.807, 2.05) is 0 Å². The summed E-state index contributed by atoms with van der Waals surface area (Å²) in [5.41, 5.74) is -0.554. The Labute approximate surface area is 101 Å². The molecule has 0 spiro atoms. The molecule has 1 aromatic carbocycles. The second kappa shape index (κ2) is 3.75. The molecule has 2 rings (SSSR count). The van der Waals surface area contributed by atoms with E-state index in [2.05, 4.69) is 15.9 Å². The number of phenols is 1. The van der Waals surface area contributed by atoms with Crippen LogP contribution >= 0.6 is 15.9 Å². The number of phenolic OH excluding ortho intramolecular Hbond substituents is 1. The van der Waals surface area contributed by atoms with Gasteiger partial charge in [-0.1, -0.05) is 12.1 Å². The van der Waals surface area contributed by atoms with Crippen LogP contribution < -0.4 is 0 Å². The molecule has 0 atom stereocenters. The van der Waals surface area contributed by atoms with Crippen molar-refractivity contribution in [2.45, 2.75) is 24.4 Å². The Bertz CT molecular complexity index is 438. The van der Waals surface area contributed by atoms with E-state index in [-0.39, 0.29) is 18.6 Å². The van der Waals surface area contributed by atoms with E-state index in [0.29, 0.717) is 10.0 Å². The number of rotatable bonds is 2. The Morgan fingerprint density at radius 1 is 1.44 bits per heavy atom. The van der Waals surface area contributed by atoms with E-state index in [0.717, 1.165) is 0 Å². The Kier molecular flexibility index (Phi) is 2.67. The van der Waals surface area contributed by atoms with Crippen molar-refractivity contribution in [2.24, 2.45) is 0 Å². The van der Waals surface area contributed by atoms with Gasteiger partial charge in [0.2, 0.25) is 0 Å². The van der Waals surface area contributed by atoms with E-state index >= 15 is 0 Å². The lowest BCUT2D eigenvalue weighted by molar-refractivity contribution is -0.153. The van der Waals surface area contributed by atoms with Crippen LogP contribution in [0.4, 0.5) is 0 Å². The first-order chi connectivity index (χ1) is 7.47. The molecule has 0 unspecified atom stereocenters. The predicted octanol–water partition coefficient (Wildman–Crippen LogP) is 1.63. The van der Waals surface area contributed by atoms with Gasteiger partial charge in [-0.25, -0.2) is 0 Å². The normalized spacial score (nSPS) is 28.5. The minimum atomic E-state index is -1.07. The molecule has 1 fully saturated rings. The number of carbonyl (C=O) groups is 1. The molecule has 0 amide bonds. The molecule has 0 aromatic heterocycles. The number of carboxylic acids is 1. The van der Waals surface area contributed by atoms with Gasteiger partial charge in [0.05, 0.1) is 16.0 Å². The molecule has 5 heteroatoms. The highest BCUT2D eigenvalue weighted by Gasteiger charge is 2.52. The second-order valence-corrected chi connectivity index (χ2v) is 4.88. The zero-order chi connectivity index (χ0) is 11.9. The number of hydrogen-bond donors (Lipinski definition) is 3. The molecule has 0 heterocycles. The number of aromatic hydroxyl groups is 1. The molecular formula is C11H11BrO4. The summed E-state index contributed by atoms with van der Waals surface area (Å²) >= 11 is 3.18. The Balaban J connectivity index is 2.49. The Morgan fingerprint density at radius 2 is 2.06 bits per heavy atom. The molecule has 16 heavy (non-hydrogen) atoms. The van der Waals surface area contributed by atoms with Gasteiger partial charge in [0.15, 0.2) is 0 Å². The third kappa shape index (κ3) is 1.51. The lowest BCUT2D eigenvalue weighted by atomic mass is 9.63. The van der Waals surface area contributed by atoms with Crippen molar-refractivity contribution in [1.29, 1.82) is 0 Å². The Hall–Kier alpha value is -1.07. The summed E-state index contributed by atoms with van der Waals surface area (Å²) in [6.45, 7) is 0. The van der Waals surface area contributed by atoms with Gasteiger partial charge in [-0.2, -0.15) is 0 Å². The van der Waals surface area contributed by atoms with E-state index in [1.54, 1.807) is 12.1 Å². The second-order valence-electron chi connectivity index (χ2n) is 4.09. The largest absolute Gasteiger partial charge is 0.507 e. The minimum Gasteiger partial charge on any atom is -0.507 e. The molecule has 1 saturated carbocycles. The first kappa shape index (κ1) is 11.4. The van der Waals surface area contributed by atoms with Crippen molar-refractivity contribution in [1.82, 2.24) is 0 Å². The van der Waals surface area contributed by atoms with Gasteiger partial charge in [-0.15, -0.1) is 0 Å². The maximum Gasteiger partial charge on any atom is 0.314 e. The zero-order valence-corrected chi connectivity index (χ0v) is 9.94. The van der Waals surface area contributed by atoms with Gasteiger partial charge in [-0.05, 0) is 40.4 Å². The van der Waals surface area contributed by atoms with Gasteiger partial charge < -0.3 is 15.3 Å². The maximum atomic E-state index is 11.3. The fraction of sp³-hybridized carbons (Fsp3) is 0.364. The number of hydrogen-bond acceptors (Lipinski definition) is 3. The zero-order valence-electron chi connectivity index (χ0n) is 8.35. The fourth-order valence-corrected chi connectivity index (χ4v) is 2.79. The van der Waals surface area contributed by atoms with E-state index < -0.39 is 17.5 Å². The third-order valence-electron chi connectivity index (χ3n) is 3.07. The lowest BCUT2D eigenvalue weighted by Gasteiger charge is -2.42. The van der Waals surface area contributed by atoms with E-state index in [1.165, 1.54) is 6.07 Å². The highest BCUT2D eigenvalue weighted by atomic mass is 79.9. The molecule has 0 radical (unpaired) electrons. The SMILES string of the molecule is O=C(O)C1(c2cccc(O)c2Br)CC(O)C1. The van der Waals surface area contributed by atoms with Crippen molar-refractivity contribution in [3.05, 3.63) is 28.2 Å². The molecular weight excluding hydrogens is 276 g/mol. The molecule has 0 saturated heterocycles. The molecule has 0 aliphatic heterocycles. The van der Waals surface area contributed by atoms with Crippen LogP contribution in [-0.4, -0.2) is 27.4 Å². The van der Waals surface area contributed by atoms with Crippen LogP contribution in [0.5, 0.6) is 5.75 Å². The smallest absolute Gasteiger partial charge is 0.314 e. The van der Waals surface area contributed by atoms with Crippen LogP contribution in [0.3, 0.4) is 0 Å². The monoisotopic (exact) mass is 286 g/mol. The van der Waals surface area contributed by atoms with Crippen molar-refractivity contribution in [3.8, 4) is 5.75 Å². The topological polar surface area (TPSA) is 77.8 Å². The van der Waals surface area contributed by atoms with Gasteiger partial charge in [0, 0.05) is 0 Å². The van der Waals surface area contributed by atoms with E-state index in [4.69, 9.17) is 0 Å². The summed E-state index contributed by atoms with van der Waals surface area (Å²) in [6.07, 6.45) is -0.209. The van der Waals surface area contributed by atoms with Crippen molar-refractivity contribution in [3.63, 3.8) is 0 Å². The summed E-state index contributed by atoms with van der Waals surface area (Å²) in [6, 6.07) is 4.74. The number of aliphatic hydroxyl groups is 1. The summed E-state index contributed by atoms with van der Waals surface area (Å²) in [5, 5.41) is 28.1. The molecule has 0 bridgehead atoms. The number of carboxylic acid groups (broad SMARTS) is 1. The van der Waals surface area contributed by atoms with Crippen molar-refractivity contribution >= 4 is 21.9 Å². The highest BCUT2D eigenvalue weighted by Crippen LogP contribution is 2.48. The van der Waals surface area contributed by atoms with E-state index in [9.17, 15) is 20.1 Å². The van der Waals surface area contributed by atoms with Gasteiger partial charge in [0.1, 0.15) is 5.75 Å². The van der Waals surface area contributed by atoms with Crippen LogP contribution in [0.25, 0.3) is 0 Å². The lowest BCUT2D eigenvalue weighted by Crippen LogP contribution is -2.50. The van der Waals surface area contributed by atoms with Crippen LogP contribution in [0.15, 0.2) is 22.7 Å². The van der Waals surface area contributed by atoms with Gasteiger partial charge >= 0.3 is 5.97 Å². The number of benzene rings is 1. The molecule has 1 aromatic rings. The average molecular weight is 287 g/mol. The molecule has 86 valence electrons. The van der Waals surface area contributed by atoms with Crippen LogP contribution in [0.1, 0.15) is 18.4 Å². The summed E-state index contributed by atoms with van der Waals surface area (Å²) in [4.78, 5) is 11.3. The van der Waals surface area contributed by atoms with Crippen molar-refractivity contribution < 1.29 is 20.1 Å². The molecule has 3 N–H and O–H groups in total. The first-order valence-corrected chi connectivity index (χ1v) is 5.66. The van der Waals surface area contributed by atoms with Crippen molar-refractivity contribution in [2.75, 3.05) is 0 Å². The Morgan fingerprint density at radius 3 is 2.56 bits per heavy atom. The minimum absolute atomic E-state index is 0.0134. The average Bonchev–Trinajstić information content (AvgIpc) is 2.17. The maximum absolute atomic E-state index is 11.3. The fourth-order valence-electron chi connectivity index (χ4n) is 2.14. The third-order valence-corrected chi connectivity index (χ3v) is 3.90. The first-order valence-electron chi connectivity index (χ1n) is 4.87. The van der Waals surface area contributed by atoms with Gasteiger partial charge in [-0.3, -0.25) is 4.79 Å². The molecule has 1 aliphatic carbocycles. The summed E-state index contributed by atoms with van der Waals surface area (Å²) in [5.74, 6) is -0.955. The number of aliphatic hydroxyl groups excluding tert-OH is 1. The molecule has 4 nitrogen and oxygen atoms in total. The summed E-state index contributed by atoms with van der Waals surface area (Å²) in [7, 11) is 0. The summed E-state index contributed by atoms with van der Waals surface area (Å²) < 4.78 is 0.393. The predicted molar refractivity (Wildman–Crippen MR) is 60.4 cm³/mol. The number of halogens is 1. The quantitative estimate of drug-likeness (QED) is 0.772. The van der Waals surface area contributed by atoms with Gasteiger partial charge in [0.25, 0.3) is 0 Å².